The number of hydrogen-bond acceptors (Lipinski definition) is 4. The van der Waals surface area contributed by atoms with Crippen LogP contribution >= 0.6 is 11.3 Å². The molecule has 4 heteroatoms. The summed E-state index contributed by atoms with van der Waals surface area (Å²) >= 11 is 1.58. The molecule has 0 fully saturated rings. The molecule has 22 heavy (non-hydrogen) atoms. The number of hydrogen-bond donors (Lipinski definition) is 0. The van der Waals surface area contributed by atoms with Crippen LogP contribution in [-0.4, -0.2) is 17.9 Å². The first-order chi connectivity index (χ1) is 10.5. The van der Waals surface area contributed by atoms with E-state index in [2.05, 4.69) is 11.8 Å². The molecule has 0 bridgehead atoms. The van der Waals surface area contributed by atoms with Gasteiger partial charge in [0.05, 0.1) is 4.88 Å². The van der Waals surface area contributed by atoms with Gasteiger partial charge in [0.15, 0.2) is 11.9 Å². The zero-order valence-electron chi connectivity index (χ0n) is 13.3. The van der Waals surface area contributed by atoms with Crippen LogP contribution in [0.4, 0.5) is 0 Å². The Morgan fingerprint density at radius 3 is 2.77 bits per heavy atom. The van der Waals surface area contributed by atoms with Gasteiger partial charge in [0, 0.05) is 19.3 Å². The summed E-state index contributed by atoms with van der Waals surface area (Å²) in [5.41, 5.74) is 0. The highest BCUT2D eigenvalue weighted by Gasteiger charge is 2.20. The molecule has 0 amide bonds. The highest BCUT2D eigenvalue weighted by Crippen LogP contribution is 2.09. The maximum Gasteiger partial charge on any atom is 0.306 e. The number of carbonyl (C=O) groups excluding carboxylic acids is 2. The molecule has 1 atom stereocenters. The van der Waals surface area contributed by atoms with E-state index >= 15 is 0 Å². The molecule has 0 aliphatic carbocycles. The summed E-state index contributed by atoms with van der Waals surface area (Å²) in [4.78, 5) is 24.5. The minimum atomic E-state index is -0.698. The zero-order chi connectivity index (χ0) is 16.4. The van der Waals surface area contributed by atoms with Gasteiger partial charge in [-0.2, -0.15) is 0 Å². The van der Waals surface area contributed by atoms with Gasteiger partial charge in [-0.3, -0.25) is 9.59 Å². The van der Waals surface area contributed by atoms with E-state index in [1.807, 2.05) is 31.4 Å². The van der Waals surface area contributed by atoms with Gasteiger partial charge in [0.1, 0.15) is 0 Å². The zero-order valence-corrected chi connectivity index (χ0v) is 14.1. The van der Waals surface area contributed by atoms with Crippen molar-refractivity contribution in [3.05, 3.63) is 34.5 Å². The lowest BCUT2D eigenvalue weighted by atomic mass is 10.1. The number of thiophene rings is 1. The largest absolute Gasteiger partial charge is 0.454 e. The van der Waals surface area contributed by atoms with Crippen molar-refractivity contribution in [1.82, 2.24) is 0 Å². The van der Waals surface area contributed by atoms with E-state index in [1.54, 1.807) is 30.4 Å². The first-order valence-corrected chi connectivity index (χ1v) is 8.33. The third-order valence-corrected chi connectivity index (χ3v) is 3.61. The second kappa shape index (κ2) is 9.97. The molecule has 1 unspecified atom stereocenters. The molecular weight excluding hydrogens is 296 g/mol. The topological polar surface area (TPSA) is 43.4 Å². The second-order valence-electron chi connectivity index (χ2n) is 5.28. The third-order valence-electron chi connectivity index (χ3n) is 2.82. The van der Waals surface area contributed by atoms with Gasteiger partial charge in [-0.25, -0.2) is 0 Å². The normalized spacial score (nSPS) is 12.0. The number of carbonyl (C=O) groups is 2. The number of esters is 1. The van der Waals surface area contributed by atoms with Crippen LogP contribution in [0.5, 0.6) is 0 Å². The molecule has 118 valence electrons. The van der Waals surface area contributed by atoms with Crippen molar-refractivity contribution in [2.24, 2.45) is 5.92 Å². The maximum absolute atomic E-state index is 11.8. The molecule has 0 N–H and O–H groups in total. The highest BCUT2D eigenvalue weighted by molar-refractivity contribution is 7.10. The van der Waals surface area contributed by atoms with E-state index < -0.39 is 6.10 Å². The van der Waals surface area contributed by atoms with Crippen molar-refractivity contribution in [2.45, 2.75) is 46.1 Å². The van der Waals surface area contributed by atoms with E-state index in [9.17, 15) is 9.59 Å². The number of Topliss-reactive ketones (excluding diaryl/α,β-unsaturated/α-hetero) is 1. The number of allylic oxidation sites excluding steroid dienone is 1. The highest BCUT2D eigenvalue weighted by atomic mass is 32.1. The summed E-state index contributed by atoms with van der Waals surface area (Å²) in [6.07, 6.45) is 3.84. The molecule has 0 spiro atoms. The van der Waals surface area contributed by atoms with E-state index in [0.717, 1.165) is 4.88 Å². The van der Waals surface area contributed by atoms with Gasteiger partial charge in [-0.15, -0.1) is 11.3 Å². The average molecular weight is 318 g/mol. The molecule has 1 rings (SSSR count). The minimum absolute atomic E-state index is 0.0621. The molecular formula is C18H22O3S. The molecule has 0 saturated heterocycles. The summed E-state index contributed by atoms with van der Waals surface area (Å²) in [5.74, 6) is 5.75. The Bertz CT molecular complexity index is 559. The fraction of sp³-hybridized carbons (Fsp3) is 0.444. The minimum Gasteiger partial charge on any atom is -0.454 e. The number of ether oxygens (including phenoxy) is 1. The quantitative estimate of drug-likeness (QED) is 0.564. The fourth-order valence-corrected chi connectivity index (χ4v) is 2.30. The second-order valence-corrected chi connectivity index (χ2v) is 6.23. The van der Waals surface area contributed by atoms with E-state index in [-0.39, 0.29) is 17.7 Å². The van der Waals surface area contributed by atoms with Crippen molar-refractivity contribution < 1.29 is 14.3 Å². The summed E-state index contributed by atoms with van der Waals surface area (Å²) in [6, 6.07) is 3.89. The predicted octanol–water partition coefficient (Wildman–Crippen LogP) is 3.98. The van der Waals surface area contributed by atoms with Crippen molar-refractivity contribution >= 4 is 23.1 Å². The summed E-state index contributed by atoms with van der Waals surface area (Å²) in [7, 11) is 0. The molecule has 0 aliphatic rings. The van der Waals surface area contributed by atoms with Crippen LogP contribution in [0, 0.1) is 17.8 Å². The lowest BCUT2D eigenvalue weighted by Crippen LogP contribution is -2.26. The van der Waals surface area contributed by atoms with Crippen LogP contribution in [0.15, 0.2) is 29.7 Å². The summed E-state index contributed by atoms with van der Waals surface area (Å²) < 4.78 is 5.28. The molecule has 1 heterocycles. The summed E-state index contributed by atoms with van der Waals surface area (Å²) in [6.45, 7) is 5.65. The van der Waals surface area contributed by atoms with Crippen molar-refractivity contribution in [3.8, 4) is 11.8 Å². The Morgan fingerprint density at radius 1 is 1.41 bits per heavy atom. The maximum atomic E-state index is 11.8. The van der Waals surface area contributed by atoms with Crippen LogP contribution in [-0.2, 0) is 14.3 Å². The van der Waals surface area contributed by atoms with Gasteiger partial charge in [-0.05, 0) is 23.4 Å². The average Bonchev–Trinajstić information content (AvgIpc) is 2.97. The first-order valence-electron chi connectivity index (χ1n) is 7.45. The molecule has 0 aliphatic heterocycles. The molecule has 1 aromatic heterocycles. The standard InChI is InChI=1S/C18H22O3S/c1-4-16(19)17(21-18(20)13-14(2)3)11-7-5-6-9-15-10-8-12-22-15/h5,7-8,10,12,14,17H,4,11,13H2,1-3H3. The SMILES string of the molecule is CCC(=O)C(CC=CC#Cc1cccs1)OC(=O)CC(C)C. The Hall–Kier alpha value is -1.86. The Balaban J connectivity index is 2.54. The van der Waals surface area contributed by atoms with Crippen LogP contribution in [0.2, 0.25) is 0 Å². The lowest BCUT2D eigenvalue weighted by Gasteiger charge is -2.15. The van der Waals surface area contributed by atoms with Crippen molar-refractivity contribution in [2.75, 3.05) is 0 Å². The molecule has 1 aromatic rings. The van der Waals surface area contributed by atoms with Crippen LogP contribution in [0.1, 0.15) is 44.9 Å². The van der Waals surface area contributed by atoms with E-state index in [4.69, 9.17) is 4.74 Å². The Morgan fingerprint density at radius 2 is 2.18 bits per heavy atom. The van der Waals surface area contributed by atoms with Crippen molar-refractivity contribution in [3.63, 3.8) is 0 Å². The van der Waals surface area contributed by atoms with E-state index in [0.29, 0.717) is 19.3 Å². The monoisotopic (exact) mass is 318 g/mol. The third kappa shape index (κ3) is 7.24. The van der Waals surface area contributed by atoms with Gasteiger partial charge in [-0.1, -0.05) is 44.8 Å². The van der Waals surface area contributed by atoms with Crippen LogP contribution < -0.4 is 0 Å². The number of rotatable bonds is 7. The Kier molecular flexibility index (Phi) is 8.24. The predicted molar refractivity (Wildman–Crippen MR) is 89.6 cm³/mol. The van der Waals surface area contributed by atoms with Crippen LogP contribution in [0.25, 0.3) is 0 Å². The fourth-order valence-electron chi connectivity index (χ4n) is 1.73. The molecule has 0 radical (unpaired) electrons. The molecule has 3 nitrogen and oxygen atoms in total. The smallest absolute Gasteiger partial charge is 0.306 e. The summed E-state index contributed by atoms with van der Waals surface area (Å²) in [5, 5.41) is 1.97. The van der Waals surface area contributed by atoms with Gasteiger partial charge < -0.3 is 4.74 Å². The molecule has 0 aromatic carbocycles. The lowest BCUT2D eigenvalue weighted by molar-refractivity contribution is -0.155. The van der Waals surface area contributed by atoms with Crippen molar-refractivity contribution in [1.29, 1.82) is 0 Å². The number of ketones is 1. The van der Waals surface area contributed by atoms with Crippen LogP contribution in [0.3, 0.4) is 0 Å². The van der Waals surface area contributed by atoms with Gasteiger partial charge in [0.2, 0.25) is 0 Å². The van der Waals surface area contributed by atoms with E-state index in [1.165, 1.54) is 0 Å². The van der Waals surface area contributed by atoms with Gasteiger partial charge >= 0.3 is 5.97 Å². The van der Waals surface area contributed by atoms with Gasteiger partial charge in [0.25, 0.3) is 0 Å². The first kappa shape index (κ1) is 18.2. The molecule has 0 saturated carbocycles. The Labute approximate surface area is 136 Å².